The van der Waals surface area contributed by atoms with Gasteiger partial charge in [0.25, 0.3) is 0 Å². The van der Waals surface area contributed by atoms with Gasteiger partial charge in [-0.25, -0.2) is 9.78 Å². The van der Waals surface area contributed by atoms with Gasteiger partial charge in [0.2, 0.25) is 5.91 Å². The van der Waals surface area contributed by atoms with Gasteiger partial charge in [0.15, 0.2) is 0 Å². The van der Waals surface area contributed by atoms with E-state index in [1.165, 1.54) is 24.8 Å². The number of rotatable bonds is 5. The van der Waals surface area contributed by atoms with Crippen LogP contribution in [0.25, 0.3) is 0 Å². The number of carboxylic acids is 1. The minimum Gasteiger partial charge on any atom is -0.478 e. The average molecular weight is 260 g/mol. The molecule has 1 heterocycles. The molecule has 0 fully saturated rings. The van der Waals surface area contributed by atoms with Crippen molar-refractivity contribution in [3.63, 3.8) is 0 Å². The van der Waals surface area contributed by atoms with Crippen molar-refractivity contribution in [1.29, 1.82) is 0 Å². The smallest absolute Gasteiger partial charge is 0.335 e. The number of aromatic carboxylic acids is 1. The Morgan fingerprint density at radius 1 is 1.37 bits per heavy atom. The highest BCUT2D eigenvalue weighted by atomic mass is 16.4. The number of anilines is 1. The van der Waals surface area contributed by atoms with Crippen molar-refractivity contribution in [3.8, 4) is 0 Å². The number of nitrogens with zero attached hydrogens (tertiary/aromatic N) is 3. The largest absolute Gasteiger partial charge is 0.478 e. The zero-order valence-corrected chi connectivity index (χ0v) is 9.98. The maximum atomic E-state index is 11.7. The standard InChI is InChI=1S/C12H12N4O3/c17-11(4-5-16-8-13-7-14-16)15-10-3-1-2-9(6-10)12(18)19/h1-3,6-8H,4-5H2,(H,15,17)(H,18,19). The van der Waals surface area contributed by atoms with Crippen LogP contribution in [0.1, 0.15) is 16.8 Å². The molecule has 0 saturated carbocycles. The third kappa shape index (κ3) is 3.63. The Bertz CT molecular complexity index is 580. The van der Waals surface area contributed by atoms with E-state index in [1.54, 1.807) is 16.8 Å². The molecule has 98 valence electrons. The summed E-state index contributed by atoms with van der Waals surface area (Å²) in [5, 5.41) is 15.4. The lowest BCUT2D eigenvalue weighted by molar-refractivity contribution is -0.116. The van der Waals surface area contributed by atoms with Gasteiger partial charge in [-0.05, 0) is 18.2 Å². The summed E-state index contributed by atoms with van der Waals surface area (Å²) in [6.07, 6.45) is 3.16. The van der Waals surface area contributed by atoms with Crippen LogP contribution in [0.2, 0.25) is 0 Å². The molecular formula is C12H12N4O3. The molecule has 2 N–H and O–H groups in total. The van der Waals surface area contributed by atoms with Crippen molar-refractivity contribution in [2.24, 2.45) is 0 Å². The number of amides is 1. The van der Waals surface area contributed by atoms with Gasteiger partial charge in [0, 0.05) is 12.1 Å². The lowest BCUT2D eigenvalue weighted by atomic mass is 10.2. The van der Waals surface area contributed by atoms with Crippen molar-refractivity contribution in [2.75, 3.05) is 5.32 Å². The number of aromatic nitrogens is 3. The van der Waals surface area contributed by atoms with Crippen LogP contribution >= 0.6 is 0 Å². The third-order valence-corrected chi connectivity index (χ3v) is 2.43. The number of carbonyl (C=O) groups is 2. The first kappa shape index (κ1) is 12.7. The molecular weight excluding hydrogens is 248 g/mol. The fourth-order valence-corrected chi connectivity index (χ4v) is 1.52. The summed E-state index contributed by atoms with van der Waals surface area (Å²) < 4.78 is 1.55. The van der Waals surface area contributed by atoms with Crippen molar-refractivity contribution in [1.82, 2.24) is 14.8 Å². The van der Waals surface area contributed by atoms with E-state index >= 15 is 0 Å². The van der Waals surface area contributed by atoms with Crippen molar-refractivity contribution in [3.05, 3.63) is 42.5 Å². The van der Waals surface area contributed by atoms with E-state index in [4.69, 9.17) is 5.11 Å². The van der Waals surface area contributed by atoms with Gasteiger partial charge in [-0.15, -0.1) is 0 Å². The molecule has 1 aromatic heterocycles. The van der Waals surface area contributed by atoms with Crippen LogP contribution in [0.3, 0.4) is 0 Å². The maximum absolute atomic E-state index is 11.7. The summed E-state index contributed by atoms with van der Waals surface area (Å²) in [4.78, 5) is 26.2. The summed E-state index contributed by atoms with van der Waals surface area (Å²) in [5.41, 5.74) is 0.595. The Hall–Kier alpha value is -2.70. The highest BCUT2D eigenvalue weighted by molar-refractivity contribution is 5.93. The second-order valence-corrected chi connectivity index (χ2v) is 3.84. The number of carbonyl (C=O) groups excluding carboxylic acids is 1. The van der Waals surface area contributed by atoms with E-state index in [0.29, 0.717) is 12.2 Å². The minimum atomic E-state index is -1.03. The van der Waals surface area contributed by atoms with Crippen LogP contribution in [-0.2, 0) is 11.3 Å². The zero-order valence-electron chi connectivity index (χ0n) is 9.98. The summed E-state index contributed by atoms with van der Waals surface area (Å²) >= 11 is 0. The molecule has 0 radical (unpaired) electrons. The molecule has 2 rings (SSSR count). The van der Waals surface area contributed by atoms with Gasteiger partial charge < -0.3 is 10.4 Å². The van der Waals surface area contributed by atoms with Crippen molar-refractivity contribution in [2.45, 2.75) is 13.0 Å². The van der Waals surface area contributed by atoms with Crippen LogP contribution in [-0.4, -0.2) is 31.7 Å². The molecule has 0 aliphatic rings. The zero-order chi connectivity index (χ0) is 13.7. The first-order valence-electron chi connectivity index (χ1n) is 5.61. The lowest BCUT2D eigenvalue weighted by Crippen LogP contribution is -2.15. The highest BCUT2D eigenvalue weighted by Crippen LogP contribution is 2.11. The van der Waals surface area contributed by atoms with Gasteiger partial charge in [0.1, 0.15) is 12.7 Å². The van der Waals surface area contributed by atoms with Crippen LogP contribution in [0.5, 0.6) is 0 Å². The second kappa shape index (κ2) is 5.76. The number of carboxylic acid groups (broad SMARTS) is 1. The Labute approximate surface area is 108 Å². The quantitative estimate of drug-likeness (QED) is 0.836. The molecule has 19 heavy (non-hydrogen) atoms. The summed E-state index contributed by atoms with van der Waals surface area (Å²) in [6.45, 7) is 0.421. The van der Waals surface area contributed by atoms with Gasteiger partial charge in [0.05, 0.1) is 12.1 Å². The SMILES string of the molecule is O=C(CCn1cncn1)Nc1cccc(C(=O)O)c1. The topological polar surface area (TPSA) is 97.1 Å². The van der Waals surface area contributed by atoms with Crippen molar-refractivity contribution < 1.29 is 14.7 Å². The molecule has 0 unspecified atom stereocenters. The van der Waals surface area contributed by atoms with E-state index in [0.717, 1.165) is 0 Å². The molecule has 1 amide bonds. The number of benzene rings is 1. The van der Waals surface area contributed by atoms with E-state index < -0.39 is 5.97 Å². The van der Waals surface area contributed by atoms with Crippen molar-refractivity contribution >= 4 is 17.6 Å². The molecule has 0 aliphatic heterocycles. The molecule has 1 aromatic carbocycles. The third-order valence-electron chi connectivity index (χ3n) is 2.43. The molecule has 7 heteroatoms. The van der Waals surface area contributed by atoms with Crippen LogP contribution in [0.15, 0.2) is 36.9 Å². The summed E-state index contributed by atoms with van der Waals surface area (Å²) in [6, 6.07) is 6.10. The highest BCUT2D eigenvalue weighted by Gasteiger charge is 2.06. The fraction of sp³-hybridized carbons (Fsp3) is 0.167. The molecule has 0 saturated heterocycles. The van der Waals surface area contributed by atoms with Crippen LogP contribution < -0.4 is 5.32 Å². The first-order chi connectivity index (χ1) is 9.15. The Morgan fingerprint density at radius 2 is 2.21 bits per heavy atom. The van der Waals surface area contributed by atoms with Gasteiger partial charge in [-0.3, -0.25) is 9.48 Å². The molecule has 7 nitrogen and oxygen atoms in total. The predicted molar refractivity (Wildman–Crippen MR) is 66.7 cm³/mol. The first-order valence-corrected chi connectivity index (χ1v) is 5.61. The average Bonchev–Trinajstić information content (AvgIpc) is 2.90. The maximum Gasteiger partial charge on any atom is 0.335 e. The van der Waals surface area contributed by atoms with Gasteiger partial charge in [-0.1, -0.05) is 6.07 Å². The minimum absolute atomic E-state index is 0.133. The number of aryl methyl sites for hydroxylation is 1. The number of hydrogen-bond acceptors (Lipinski definition) is 4. The fourth-order valence-electron chi connectivity index (χ4n) is 1.52. The molecule has 0 aliphatic carbocycles. The Morgan fingerprint density at radius 3 is 2.89 bits per heavy atom. The van der Waals surface area contributed by atoms with Gasteiger partial charge in [-0.2, -0.15) is 5.10 Å². The van der Waals surface area contributed by atoms with E-state index in [-0.39, 0.29) is 17.9 Å². The molecule has 2 aromatic rings. The molecule has 0 spiro atoms. The predicted octanol–water partition coefficient (Wildman–Crippen LogP) is 1.01. The number of hydrogen-bond donors (Lipinski definition) is 2. The Kier molecular flexibility index (Phi) is 3.87. The summed E-state index contributed by atoms with van der Waals surface area (Å²) in [5.74, 6) is -1.24. The molecule has 0 bridgehead atoms. The summed E-state index contributed by atoms with van der Waals surface area (Å²) in [7, 11) is 0. The van der Waals surface area contributed by atoms with Crippen LogP contribution in [0.4, 0.5) is 5.69 Å². The Balaban J connectivity index is 1.91. The number of nitrogens with one attached hydrogen (secondary N) is 1. The van der Waals surface area contributed by atoms with E-state index in [1.807, 2.05) is 0 Å². The van der Waals surface area contributed by atoms with E-state index in [9.17, 15) is 9.59 Å². The normalized spacial score (nSPS) is 10.1. The van der Waals surface area contributed by atoms with E-state index in [2.05, 4.69) is 15.4 Å². The lowest BCUT2D eigenvalue weighted by Gasteiger charge is -2.06. The second-order valence-electron chi connectivity index (χ2n) is 3.84. The van der Waals surface area contributed by atoms with Crippen LogP contribution in [0, 0.1) is 0 Å². The molecule has 0 atom stereocenters. The van der Waals surface area contributed by atoms with Gasteiger partial charge >= 0.3 is 5.97 Å². The monoisotopic (exact) mass is 260 g/mol.